The van der Waals surface area contributed by atoms with E-state index >= 15 is 0 Å². The number of rotatable bonds is 3. The molecule has 2 aliphatic rings. The highest BCUT2D eigenvalue weighted by atomic mass is 35.5. The number of imidazole rings is 1. The summed E-state index contributed by atoms with van der Waals surface area (Å²) in [5.74, 6) is 1.80. The van der Waals surface area contributed by atoms with Gasteiger partial charge in [-0.05, 0) is 74.0 Å². The highest BCUT2D eigenvalue weighted by molar-refractivity contribution is 6.30. The van der Waals surface area contributed by atoms with E-state index in [9.17, 15) is 4.79 Å². The first-order valence-electron chi connectivity index (χ1n) is 12.6. The maximum Gasteiger partial charge on any atom is 0.410 e. The predicted molar refractivity (Wildman–Crippen MR) is 144 cm³/mol. The Kier molecular flexibility index (Phi) is 5.81. The van der Waals surface area contributed by atoms with Gasteiger partial charge in [0.1, 0.15) is 23.8 Å². The number of halogens is 1. The minimum Gasteiger partial charge on any atom is -0.488 e. The highest BCUT2D eigenvalue weighted by Gasteiger charge is 2.40. The van der Waals surface area contributed by atoms with Gasteiger partial charge in [-0.2, -0.15) is 0 Å². The molecule has 3 heterocycles. The molecule has 7 nitrogen and oxygen atoms in total. The van der Waals surface area contributed by atoms with Gasteiger partial charge in [0.05, 0.1) is 23.7 Å². The van der Waals surface area contributed by atoms with Crippen LogP contribution in [0.3, 0.4) is 0 Å². The third-order valence-corrected chi connectivity index (χ3v) is 7.30. The number of aromatic amines is 1. The molecule has 1 aromatic heterocycles. The lowest BCUT2D eigenvalue weighted by Crippen LogP contribution is -2.37. The van der Waals surface area contributed by atoms with Gasteiger partial charge >= 0.3 is 6.09 Å². The van der Waals surface area contributed by atoms with Crippen molar-refractivity contribution in [1.29, 1.82) is 0 Å². The number of methoxy groups -OCH3 is 1. The molecule has 2 atom stereocenters. The molecule has 0 saturated carbocycles. The van der Waals surface area contributed by atoms with E-state index in [4.69, 9.17) is 30.8 Å². The van der Waals surface area contributed by atoms with E-state index in [1.54, 1.807) is 12.0 Å². The second-order valence-electron chi connectivity index (χ2n) is 10.9. The summed E-state index contributed by atoms with van der Waals surface area (Å²) in [7, 11) is 1.69. The Hall–Kier alpha value is -3.29. The van der Waals surface area contributed by atoms with Crippen molar-refractivity contribution in [2.24, 2.45) is 5.92 Å². The van der Waals surface area contributed by atoms with Gasteiger partial charge in [-0.1, -0.05) is 23.7 Å². The standard InChI is InChI=1S/C29H30ClN3O4/c1-29(2,3)37-28(34)33-13-16(14-35-4)9-24(33)27-31-23-8-5-17-11-22-20-7-6-19(30)10-18(20)15-36-25(22)12-21(17)26(23)32-27/h5-8,10-12,16,24H,9,13-15H2,1-4H3,(H,31,32)/t16-,24+/m1/s1. The normalized spacial score (nSPS) is 19.1. The zero-order valence-corrected chi connectivity index (χ0v) is 22.2. The quantitative estimate of drug-likeness (QED) is 0.319. The van der Waals surface area contributed by atoms with Gasteiger partial charge in [-0.25, -0.2) is 9.78 Å². The number of carbonyl (C=O) groups is 1. The van der Waals surface area contributed by atoms with Crippen LogP contribution in [-0.4, -0.2) is 46.8 Å². The van der Waals surface area contributed by atoms with E-state index in [2.05, 4.69) is 29.2 Å². The summed E-state index contributed by atoms with van der Waals surface area (Å²) in [4.78, 5) is 23.4. The van der Waals surface area contributed by atoms with Crippen LogP contribution in [0.4, 0.5) is 4.79 Å². The lowest BCUT2D eigenvalue weighted by Gasteiger charge is -2.27. The van der Waals surface area contributed by atoms with Crippen molar-refractivity contribution in [1.82, 2.24) is 14.9 Å². The van der Waals surface area contributed by atoms with E-state index in [1.807, 2.05) is 39.0 Å². The predicted octanol–water partition coefficient (Wildman–Crippen LogP) is 6.87. The first-order valence-corrected chi connectivity index (χ1v) is 12.9. The summed E-state index contributed by atoms with van der Waals surface area (Å²) in [5.41, 5.74) is 4.48. The molecule has 4 aromatic rings. The first kappa shape index (κ1) is 24.1. The van der Waals surface area contributed by atoms with Gasteiger partial charge < -0.3 is 19.2 Å². The number of benzene rings is 3. The number of hydrogen-bond donors (Lipinski definition) is 1. The summed E-state index contributed by atoms with van der Waals surface area (Å²) < 4.78 is 17.3. The van der Waals surface area contributed by atoms with Gasteiger partial charge in [-0.15, -0.1) is 0 Å². The van der Waals surface area contributed by atoms with Crippen LogP contribution >= 0.6 is 11.6 Å². The minimum absolute atomic E-state index is 0.210. The molecule has 1 fully saturated rings. The molecule has 0 bridgehead atoms. The van der Waals surface area contributed by atoms with Crippen LogP contribution in [0, 0.1) is 5.92 Å². The molecule has 1 N–H and O–H groups in total. The topological polar surface area (TPSA) is 76.7 Å². The Morgan fingerprint density at radius 1 is 1.19 bits per heavy atom. The fourth-order valence-corrected chi connectivity index (χ4v) is 5.69. The van der Waals surface area contributed by atoms with Crippen LogP contribution in [0.5, 0.6) is 5.75 Å². The average Bonchev–Trinajstić information content (AvgIpc) is 3.46. The Morgan fingerprint density at radius 3 is 2.81 bits per heavy atom. The van der Waals surface area contributed by atoms with Crippen LogP contribution in [-0.2, 0) is 16.1 Å². The van der Waals surface area contributed by atoms with Gasteiger partial charge in [-0.3, -0.25) is 4.90 Å². The molecule has 0 unspecified atom stereocenters. The Balaban J connectivity index is 1.41. The molecule has 2 aliphatic heterocycles. The van der Waals surface area contributed by atoms with Gasteiger partial charge in [0.25, 0.3) is 0 Å². The fraction of sp³-hybridized carbons (Fsp3) is 0.379. The molecule has 37 heavy (non-hydrogen) atoms. The number of amides is 1. The fourth-order valence-electron chi connectivity index (χ4n) is 5.50. The molecule has 0 spiro atoms. The number of H-pyrrole nitrogens is 1. The van der Waals surface area contributed by atoms with Crippen LogP contribution in [0.2, 0.25) is 5.02 Å². The SMILES string of the molecule is COC[C@@H]1C[C@@H](c2nc3ccc4cc5c(cc4c3[nH]2)OCc2cc(Cl)ccc2-5)N(C(=O)OC(C)(C)C)C1. The largest absolute Gasteiger partial charge is 0.488 e. The smallest absolute Gasteiger partial charge is 0.410 e. The van der Waals surface area contributed by atoms with E-state index in [-0.39, 0.29) is 18.1 Å². The van der Waals surface area contributed by atoms with Gasteiger partial charge in [0.2, 0.25) is 0 Å². The number of nitrogens with zero attached hydrogens (tertiary/aromatic N) is 2. The molecule has 8 heteroatoms. The second kappa shape index (κ2) is 8.92. The molecule has 0 radical (unpaired) electrons. The lowest BCUT2D eigenvalue weighted by molar-refractivity contribution is 0.0209. The Morgan fingerprint density at radius 2 is 2.03 bits per heavy atom. The zero-order chi connectivity index (χ0) is 25.9. The first-order chi connectivity index (χ1) is 17.7. The van der Waals surface area contributed by atoms with Crippen molar-refractivity contribution in [2.45, 2.75) is 45.4 Å². The summed E-state index contributed by atoms with van der Waals surface area (Å²) in [5, 5.41) is 2.82. The maximum absolute atomic E-state index is 13.1. The summed E-state index contributed by atoms with van der Waals surface area (Å²) in [6, 6.07) is 14.1. The summed E-state index contributed by atoms with van der Waals surface area (Å²) >= 11 is 6.20. The minimum atomic E-state index is -0.575. The number of hydrogen-bond acceptors (Lipinski definition) is 5. The molecular weight excluding hydrogens is 490 g/mol. The number of nitrogens with one attached hydrogen (secondary N) is 1. The molecule has 6 rings (SSSR count). The molecule has 1 amide bonds. The van der Waals surface area contributed by atoms with Crippen molar-refractivity contribution in [3.05, 3.63) is 58.9 Å². The van der Waals surface area contributed by atoms with Crippen molar-refractivity contribution in [3.8, 4) is 16.9 Å². The maximum atomic E-state index is 13.1. The van der Waals surface area contributed by atoms with Crippen LogP contribution in [0.15, 0.2) is 42.5 Å². The van der Waals surface area contributed by atoms with E-state index in [1.165, 1.54) is 0 Å². The molecule has 192 valence electrons. The number of ether oxygens (including phenoxy) is 3. The van der Waals surface area contributed by atoms with Crippen molar-refractivity contribution >= 4 is 39.5 Å². The molecular formula is C29H30ClN3O4. The van der Waals surface area contributed by atoms with Crippen LogP contribution < -0.4 is 4.74 Å². The van der Waals surface area contributed by atoms with Gasteiger partial charge in [0, 0.05) is 35.5 Å². The molecule has 3 aromatic carbocycles. The number of aromatic nitrogens is 2. The summed E-state index contributed by atoms with van der Waals surface area (Å²) in [6.45, 7) is 7.26. The average molecular weight is 520 g/mol. The van der Waals surface area contributed by atoms with Crippen molar-refractivity contribution in [2.75, 3.05) is 20.3 Å². The van der Waals surface area contributed by atoms with E-state index in [0.29, 0.717) is 24.8 Å². The second-order valence-corrected chi connectivity index (χ2v) is 11.4. The monoisotopic (exact) mass is 519 g/mol. The Labute approximate surface area is 220 Å². The Bertz CT molecular complexity index is 1520. The van der Waals surface area contributed by atoms with Crippen molar-refractivity contribution < 1.29 is 19.0 Å². The van der Waals surface area contributed by atoms with Crippen LogP contribution in [0.25, 0.3) is 32.9 Å². The third-order valence-electron chi connectivity index (χ3n) is 7.07. The number of likely N-dealkylation sites (tertiary alicyclic amines) is 1. The van der Waals surface area contributed by atoms with Gasteiger partial charge in [0.15, 0.2) is 0 Å². The molecule has 1 saturated heterocycles. The van der Waals surface area contributed by atoms with Crippen molar-refractivity contribution in [3.63, 3.8) is 0 Å². The third kappa shape index (κ3) is 4.40. The zero-order valence-electron chi connectivity index (χ0n) is 21.4. The summed E-state index contributed by atoms with van der Waals surface area (Å²) in [6.07, 6.45) is 0.422. The van der Waals surface area contributed by atoms with Crippen LogP contribution in [0.1, 0.15) is 44.6 Å². The highest BCUT2D eigenvalue weighted by Crippen LogP contribution is 2.43. The number of fused-ring (bicyclic) bond motifs is 6. The van der Waals surface area contributed by atoms with E-state index < -0.39 is 5.60 Å². The number of carbonyl (C=O) groups excluding carboxylic acids is 1. The lowest BCUT2D eigenvalue weighted by atomic mass is 9.94. The van der Waals surface area contributed by atoms with E-state index in [0.717, 1.165) is 56.5 Å². The molecule has 0 aliphatic carbocycles.